The fraction of sp³-hybridized carbons (Fsp3) is 0.0513. The van der Waals surface area contributed by atoms with Crippen LogP contribution in [0.2, 0.25) is 0 Å². The zero-order valence-electron chi connectivity index (χ0n) is 26.2. The Labute approximate surface area is 277 Å². The second-order valence-electron chi connectivity index (χ2n) is 10.7. The first-order valence-electron chi connectivity index (χ1n) is 14.9. The Morgan fingerprint density at radius 2 is 1.21 bits per heavy atom. The Morgan fingerprint density at radius 3 is 1.90 bits per heavy atom. The fourth-order valence-corrected chi connectivity index (χ4v) is 4.54. The molecule has 0 aliphatic carbocycles. The van der Waals surface area contributed by atoms with E-state index in [1.807, 2.05) is 32.0 Å². The van der Waals surface area contributed by atoms with Crippen LogP contribution in [0.25, 0.3) is 6.08 Å². The summed E-state index contributed by atoms with van der Waals surface area (Å²) in [6.45, 7) is 3.80. The highest BCUT2D eigenvalue weighted by Crippen LogP contribution is 2.22. The van der Waals surface area contributed by atoms with E-state index in [1.165, 1.54) is 18.4 Å². The summed E-state index contributed by atoms with van der Waals surface area (Å²) in [6, 6.07) is 34.2. The molecule has 9 nitrogen and oxygen atoms in total. The number of hydrogen-bond donors (Lipinski definition) is 2. The standard InChI is InChI=1S/C39H31N3O6/c1-26-9-7-13-30(23-26)37(44)41-33-20-17-29(18-21-33)38(45)42-40-25-32-12-4-6-16-35(32)47-36(43)22-19-28-11-3-5-15-34(28)48-39(46)31-14-8-10-27(2)24-31/h3-25H,1-2H3,(H,41,44)(H,42,45)/b22-19+,40-25+. The number of hydrogen-bond acceptors (Lipinski definition) is 7. The minimum absolute atomic E-state index is 0.220. The van der Waals surface area contributed by atoms with Crippen LogP contribution >= 0.6 is 0 Å². The normalized spacial score (nSPS) is 10.9. The van der Waals surface area contributed by atoms with Gasteiger partial charge in [0.25, 0.3) is 11.8 Å². The number of nitrogens with zero attached hydrogens (tertiary/aromatic N) is 1. The summed E-state index contributed by atoms with van der Waals surface area (Å²) < 4.78 is 11.1. The van der Waals surface area contributed by atoms with E-state index < -0.39 is 17.8 Å². The first kappa shape index (κ1) is 32.8. The smallest absolute Gasteiger partial charge is 0.343 e. The summed E-state index contributed by atoms with van der Waals surface area (Å²) in [5, 5.41) is 6.82. The minimum Gasteiger partial charge on any atom is -0.423 e. The van der Waals surface area contributed by atoms with E-state index in [9.17, 15) is 19.2 Å². The number of aryl methyl sites for hydroxylation is 2. The van der Waals surface area contributed by atoms with E-state index in [-0.39, 0.29) is 17.4 Å². The van der Waals surface area contributed by atoms with Gasteiger partial charge in [-0.3, -0.25) is 9.59 Å². The lowest BCUT2D eigenvalue weighted by atomic mass is 10.1. The van der Waals surface area contributed by atoms with Crippen molar-refractivity contribution in [1.29, 1.82) is 0 Å². The van der Waals surface area contributed by atoms with Gasteiger partial charge < -0.3 is 14.8 Å². The van der Waals surface area contributed by atoms with E-state index in [0.717, 1.165) is 11.1 Å². The molecular formula is C39H31N3O6. The summed E-state index contributed by atoms with van der Waals surface area (Å²) in [5.41, 5.74) is 7.14. The summed E-state index contributed by atoms with van der Waals surface area (Å²) in [6.07, 6.45) is 4.08. The molecule has 5 aromatic rings. The number of carbonyl (C=O) groups excluding carboxylic acids is 4. The van der Waals surface area contributed by atoms with Crippen molar-refractivity contribution >= 4 is 41.7 Å². The van der Waals surface area contributed by atoms with Crippen molar-refractivity contribution in [2.45, 2.75) is 13.8 Å². The molecule has 0 bridgehead atoms. The number of para-hydroxylation sites is 2. The van der Waals surface area contributed by atoms with Gasteiger partial charge >= 0.3 is 11.9 Å². The summed E-state index contributed by atoms with van der Waals surface area (Å²) in [4.78, 5) is 50.5. The first-order valence-corrected chi connectivity index (χ1v) is 14.9. The van der Waals surface area contributed by atoms with Crippen LogP contribution in [0, 0.1) is 13.8 Å². The lowest BCUT2D eigenvalue weighted by Crippen LogP contribution is -2.18. The molecule has 0 heterocycles. The van der Waals surface area contributed by atoms with E-state index in [1.54, 1.807) is 103 Å². The molecule has 0 radical (unpaired) electrons. The molecule has 2 amide bonds. The molecule has 0 atom stereocenters. The Morgan fingerprint density at radius 1 is 0.604 bits per heavy atom. The van der Waals surface area contributed by atoms with E-state index >= 15 is 0 Å². The number of ether oxygens (including phenoxy) is 2. The molecule has 0 saturated heterocycles. The molecule has 0 spiro atoms. The second kappa shape index (κ2) is 15.6. The molecule has 9 heteroatoms. The first-order chi connectivity index (χ1) is 23.2. The zero-order valence-corrected chi connectivity index (χ0v) is 26.2. The van der Waals surface area contributed by atoms with Crippen LogP contribution in [0.5, 0.6) is 11.5 Å². The molecular weight excluding hydrogens is 606 g/mol. The van der Waals surface area contributed by atoms with Gasteiger partial charge in [0.05, 0.1) is 11.8 Å². The van der Waals surface area contributed by atoms with Gasteiger partial charge in [0.1, 0.15) is 11.5 Å². The maximum Gasteiger partial charge on any atom is 0.343 e. The van der Waals surface area contributed by atoms with E-state index in [0.29, 0.717) is 33.5 Å². The highest BCUT2D eigenvalue weighted by molar-refractivity contribution is 6.04. The van der Waals surface area contributed by atoms with Crippen molar-refractivity contribution < 1.29 is 28.7 Å². The molecule has 0 aliphatic heterocycles. The maximum atomic E-state index is 12.7. The molecule has 5 rings (SSSR count). The molecule has 2 N–H and O–H groups in total. The molecule has 0 saturated carbocycles. The monoisotopic (exact) mass is 637 g/mol. The van der Waals surface area contributed by atoms with Crippen LogP contribution in [0.1, 0.15) is 53.3 Å². The van der Waals surface area contributed by atoms with Crippen LogP contribution in [0.15, 0.2) is 133 Å². The second-order valence-corrected chi connectivity index (χ2v) is 10.7. The summed E-state index contributed by atoms with van der Waals surface area (Å²) >= 11 is 0. The molecule has 0 unspecified atom stereocenters. The van der Waals surface area contributed by atoms with Crippen LogP contribution < -0.4 is 20.2 Å². The van der Waals surface area contributed by atoms with Gasteiger partial charge in [0.15, 0.2) is 0 Å². The van der Waals surface area contributed by atoms with E-state index in [4.69, 9.17) is 9.47 Å². The van der Waals surface area contributed by atoms with Gasteiger partial charge in [-0.1, -0.05) is 65.7 Å². The van der Waals surface area contributed by atoms with Gasteiger partial charge in [-0.05, 0) is 86.7 Å². The fourth-order valence-electron chi connectivity index (χ4n) is 4.54. The van der Waals surface area contributed by atoms with Gasteiger partial charge in [0.2, 0.25) is 0 Å². The maximum absolute atomic E-state index is 12.7. The highest BCUT2D eigenvalue weighted by atomic mass is 16.5. The molecule has 48 heavy (non-hydrogen) atoms. The van der Waals surface area contributed by atoms with Crippen LogP contribution in [-0.2, 0) is 4.79 Å². The van der Waals surface area contributed by atoms with Crippen molar-refractivity contribution in [2.24, 2.45) is 5.10 Å². The van der Waals surface area contributed by atoms with Crippen molar-refractivity contribution in [2.75, 3.05) is 5.32 Å². The van der Waals surface area contributed by atoms with Gasteiger partial charge in [-0.15, -0.1) is 0 Å². The Kier molecular flexibility index (Phi) is 10.6. The number of anilines is 1. The van der Waals surface area contributed by atoms with Crippen molar-refractivity contribution in [3.05, 3.63) is 166 Å². The van der Waals surface area contributed by atoms with E-state index in [2.05, 4.69) is 15.8 Å². The Hall–Kier alpha value is -6.61. The average Bonchev–Trinajstić information content (AvgIpc) is 3.09. The Balaban J connectivity index is 1.17. The number of hydrazone groups is 1. The summed E-state index contributed by atoms with van der Waals surface area (Å²) in [7, 11) is 0. The van der Waals surface area contributed by atoms with Gasteiger partial charge in [-0.25, -0.2) is 15.0 Å². The molecule has 0 aliphatic rings. The van der Waals surface area contributed by atoms with Crippen molar-refractivity contribution in [1.82, 2.24) is 5.43 Å². The molecule has 238 valence electrons. The zero-order chi connectivity index (χ0) is 33.9. The average molecular weight is 638 g/mol. The third-order valence-corrected chi connectivity index (χ3v) is 6.96. The number of benzene rings is 5. The minimum atomic E-state index is -0.672. The van der Waals surface area contributed by atoms with Crippen LogP contribution in [-0.4, -0.2) is 30.0 Å². The van der Waals surface area contributed by atoms with Gasteiger partial charge in [-0.2, -0.15) is 5.10 Å². The van der Waals surface area contributed by atoms with Crippen molar-refractivity contribution in [3.63, 3.8) is 0 Å². The van der Waals surface area contributed by atoms with Crippen LogP contribution in [0.3, 0.4) is 0 Å². The molecule has 5 aromatic carbocycles. The van der Waals surface area contributed by atoms with Crippen molar-refractivity contribution in [3.8, 4) is 11.5 Å². The largest absolute Gasteiger partial charge is 0.423 e. The van der Waals surface area contributed by atoms with Gasteiger partial charge in [0, 0.05) is 34.0 Å². The van der Waals surface area contributed by atoms with Crippen LogP contribution in [0.4, 0.5) is 5.69 Å². The number of esters is 2. The highest BCUT2D eigenvalue weighted by Gasteiger charge is 2.12. The number of rotatable bonds is 10. The topological polar surface area (TPSA) is 123 Å². The number of nitrogens with one attached hydrogen (secondary N) is 2. The number of carbonyl (C=O) groups is 4. The molecule has 0 aromatic heterocycles. The predicted molar refractivity (Wildman–Crippen MR) is 184 cm³/mol. The number of amides is 2. The Bertz CT molecular complexity index is 2030. The molecule has 0 fully saturated rings. The lowest BCUT2D eigenvalue weighted by molar-refractivity contribution is -0.128. The SMILES string of the molecule is Cc1cccc(C(=O)Nc2ccc(C(=O)N/N=C/c3ccccc3OC(=O)/C=C/c3ccccc3OC(=O)c3cccc(C)c3)cc2)c1. The quantitative estimate of drug-likeness (QED) is 0.0551. The lowest BCUT2D eigenvalue weighted by Gasteiger charge is -2.08. The summed E-state index contributed by atoms with van der Waals surface area (Å²) in [5.74, 6) is -1.39. The third-order valence-electron chi connectivity index (χ3n) is 6.96. The third kappa shape index (κ3) is 8.98. The predicted octanol–water partition coefficient (Wildman–Crippen LogP) is 7.16.